The summed E-state index contributed by atoms with van der Waals surface area (Å²) in [4.78, 5) is 25.4. The first-order valence-electron chi connectivity index (χ1n) is 11.2. The lowest BCUT2D eigenvalue weighted by Crippen LogP contribution is -2.44. The van der Waals surface area contributed by atoms with Crippen LogP contribution in [0.3, 0.4) is 0 Å². The first-order chi connectivity index (χ1) is 17.4. The quantitative estimate of drug-likeness (QED) is 0.298. The van der Waals surface area contributed by atoms with Crippen molar-refractivity contribution >= 4 is 23.2 Å². The number of fused-ring (bicyclic) bond motifs is 1. The normalized spacial score (nSPS) is 14.5. The minimum absolute atomic E-state index is 0.0293. The Hall–Kier alpha value is -3.98. The summed E-state index contributed by atoms with van der Waals surface area (Å²) in [6, 6.07) is 15.9. The second-order valence-corrected chi connectivity index (χ2v) is 8.50. The average molecular weight is 513 g/mol. The molecule has 0 aromatic heterocycles. The van der Waals surface area contributed by atoms with E-state index in [1.165, 1.54) is 24.3 Å². The third-order valence-electron chi connectivity index (χ3n) is 5.95. The van der Waals surface area contributed by atoms with E-state index in [0.717, 1.165) is 11.1 Å². The van der Waals surface area contributed by atoms with Crippen molar-refractivity contribution in [3.05, 3.63) is 86.9 Å². The molecule has 4 rings (SSSR count). The predicted octanol–water partition coefficient (Wildman–Crippen LogP) is 4.85. The van der Waals surface area contributed by atoms with Crippen LogP contribution in [0.4, 0.5) is 5.69 Å². The number of amides is 1. The Morgan fingerprint density at radius 3 is 2.25 bits per heavy atom. The van der Waals surface area contributed by atoms with Crippen LogP contribution in [-0.4, -0.2) is 49.7 Å². The van der Waals surface area contributed by atoms with Gasteiger partial charge in [0.25, 0.3) is 11.6 Å². The zero-order valence-electron chi connectivity index (χ0n) is 19.8. The Kier molecular flexibility index (Phi) is 7.80. The summed E-state index contributed by atoms with van der Waals surface area (Å²) in [6.45, 7) is 0.435. The van der Waals surface area contributed by atoms with Gasteiger partial charge in [0, 0.05) is 23.7 Å². The number of nitro benzene ring substituents is 1. The lowest BCUT2D eigenvalue weighted by Gasteiger charge is -2.37. The summed E-state index contributed by atoms with van der Waals surface area (Å²) in [5.41, 5.74) is 1.87. The molecule has 0 saturated heterocycles. The van der Waals surface area contributed by atoms with E-state index in [1.807, 2.05) is 12.1 Å². The van der Waals surface area contributed by atoms with Crippen LogP contribution in [0.2, 0.25) is 5.02 Å². The molecule has 1 atom stereocenters. The lowest BCUT2D eigenvalue weighted by molar-refractivity contribution is -0.384. The maximum Gasteiger partial charge on any atom is 0.269 e. The van der Waals surface area contributed by atoms with E-state index in [-0.39, 0.29) is 24.8 Å². The highest BCUT2D eigenvalue weighted by molar-refractivity contribution is 6.30. The van der Waals surface area contributed by atoms with E-state index in [4.69, 9.17) is 30.5 Å². The third kappa shape index (κ3) is 5.63. The van der Waals surface area contributed by atoms with Crippen LogP contribution >= 0.6 is 11.6 Å². The molecule has 0 fully saturated rings. The maximum absolute atomic E-state index is 13.3. The van der Waals surface area contributed by atoms with Crippen molar-refractivity contribution in [3.8, 4) is 23.0 Å². The minimum Gasteiger partial charge on any atom is -0.493 e. The molecule has 10 heteroatoms. The molecule has 188 valence electrons. The molecule has 0 aliphatic carbocycles. The van der Waals surface area contributed by atoms with Gasteiger partial charge in [-0.3, -0.25) is 14.9 Å². The predicted molar refractivity (Wildman–Crippen MR) is 133 cm³/mol. The van der Waals surface area contributed by atoms with E-state index in [2.05, 4.69) is 0 Å². The van der Waals surface area contributed by atoms with Gasteiger partial charge in [0.05, 0.1) is 25.2 Å². The molecule has 36 heavy (non-hydrogen) atoms. The topological polar surface area (TPSA) is 100 Å². The second kappa shape index (κ2) is 11.2. The second-order valence-electron chi connectivity index (χ2n) is 8.06. The number of nitrogens with zero attached hydrogens (tertiary/aromatic N) is 2. The Balaban J connectivity index is 1.57. The number of halogens is 1. The molecular formula is C26H25ClN2O7. The van der Waals surface area contributed by atoms with Gasteiger partial charge < -0.3 is 23.8 Å². The maximum atomic E-state index is 13.3. The van der Waals surface area contributed by atoms with Gasteiger partial charge in [-0.15, -0.1) is 0 Å². The first kappa shape index (κ1) is 25.1. The zero-order chi connectivity index (χ0) is 25.7. The SMILES string of the molecule is COc1cc2c(cc1OC)[C@H](COc1ccc([N+](=O)[O-])cc1)N(C(=O)COc1ccc(Cl)cc1)CC2. The van der Waals surface area contributed by atoms with E-state index in [0.29, 0.717) is 41.0 Å². The molecular weight excluding hydrogens is 488 g/mol. The Labute approximate surface area is 213 Å². The molecule has 0 N–H and O–H groups in total. The van der Waals surface area contributed by atoms with Crippen LogP contribution in [0.25, 0.3) is 0 Å². The zero-order valence-corrected chi connectivity index (χ0v) is 20.6. The number of methoxy groups -OCH3 is 2. The smallest absolute Gasteiger partial charge is 0.269 e. The van der Waals surface area contributed by atoms with Crippen LogP contribution in [-0.2, 0) is 11.2 Å². The number of benzene rings is 3. The van der Waals surface area contributed by atoms with Crippen molar-refractivity contribution < 1.29 is 28.7 Å². The molecule has 9 nitrogen and oxygen atoms in total. The summed E-state index contributed by atoms with van der Waals surface area (Å²) in [5.74, 6) is 1.94. The standard InChI is InChI=1S/C26H25ClN2O7/c1-33-24-13-17-11-12-28(26(30)16-36-20-7-3-18(27)4-8-20)23(22(17)14-25(24)34-2)15-35-21-9-5-19(6-10-21)29(31)32/h3-10,13-14,23H,11-12,15-16H2,1-2H3/t23-/m0/s1. The van der Waals surface area contributed by atoms with Gasteiger partial charge in [-0.1, -0.05) is 11.6 Å². The fourth-order valence-electron chi connectivity index (χ4n) is 4.10. The average Bonchev–Trinajstić information content (AvgIpc) is 2.90. The lowest BCUT2D eigenvalue weighted by atomic mass is 9.92. The largest absolute Gasteiger partial charge is 0.493 e. The van der Waals surface area contributed by atoms with Gasteiger partial charge in [0.1, 0.15) is 18.1 Å². The number of carbonyl (C=O) groups is 1. The van der Waals surface area contributed by atoms with E-state index >= 15 is 0 Å². The number of nitro groups is 1. The van der Waals surface area contributed by atoms with Crippen molar-refractivity contribution in [1.82, 2.24) is 4.90 Å². The molecule has 0 bridgehead atoms. The highest BCUT2D eigenvalue weighted by atomic mass is 35.5. The van der Waals surface area contributed by atoms with Gasteiger partial charge in [-0.25, -0.2) is 0 Å². The minimum atomic E-state index is -0.470. The summed E-state index contributed by atoms with van der Waals surface area (Å²) < 4.78 is 22.6. The van der Waals surface area contributed by atoms with Crippen LogP contribution < -0.4 is 18.9 Å². The Morgan fingerprint density at radius 2 is 1.61 bits per heavy atom. The third-order valence-corrected chi connectivity index (χ3v) is 6.21. The Bertz CT molecular complexity index is 1230. The number of rotatable bonds is 9. The number of hydrogen-bond donors (Lipinski definition) is 0. The van der Waals surface area contributed by atoms with E-state index in [9.17, 15) is 14.9 Å². The molecule has 0 saturated carbocycles. The molecule has 1 amide bonds. The van der Waals surface area contributed by atoms with Crippen molar-refractivity contribution in [3.63, 3.8) is 0 Å². The fourth-order valence-corrected chi connectivity index (χ4v) is 4.23. The van der Waals surface area contributed by atoms with Gasteiger partial charge in [0.15, 0.2) is 18.1 Å². The van der Waals surface area contributed by atoms with Crippen LogP contribution in [0.15, 0.2) is 60.7 Å². The van der Waals surface area contributed by atoms with Crippen molar-refractivity contribution in [2.45, 2.75) is 12.5 Å². The summed E-state index contributed by atoms with van der Waals surface area (Å²) in [7, 11) is 3.13. The molecule has 1 aliphatic heterocycles. The number of hydrogen-bond acceptors (Lipinski definition) is 7. The Morgan fingerprint density at radius 1 is 1.00 bits per heavy atom. The van der Waals surface area contributed by atoms with E-state index in [1.54, 1.807) is 43.4 Å². The first-order valence-corrected chi connectivity index (χ1v) is 11.6. The molecule has 3 aromatic rings. The number of carbonyl (C=O) groups excluding carboxylic acids is 1. The number of non-ortho nitro benzene ring substituents is 1. The van der Waals surface area contributed by atoms with Gasteiger partial charge in [-0.05, 0) is 66.1 Å². The number of ether oxygens (including phenoxy) is 4. The molecule has 0 unspecified atom stereocenters. The van der Waals surface area contributed by atoms with Crippen molar-refractivity contribution in [2.75, 3.05) is 34.0 Å². The molecule has 0 spiro atoms. The van der Waals surface area contributed by atoms with Crippen LogP contribution in [0.5, 0.6) is 23.0 Å². The fraction of sp³-hybridized carbons (Fsp3) is 0.269. The van der Waals surface area contributed by atoms with Crippen molar-refractivity contribution in [2.24, 2.45) is 0 Å². The van der Waals surface area contributed by atoms with Crippen molar-refractivity contribution in [1.29, 1.82) is 0 Å². The molecule has 3 aromatic carbocycles. The monoisotopic (exact) mass is 512 g/mol. The highest BCUT2D eigenvalue weighted by Gasteiger charge is 2.33. The van der Waals surface area contributed by atoms with E-state index < -0.39 is 11.0 Å². The molecule has 1 heterocycles. The van der Waals surface area contributed by atoms with Gasteiger partial charge in [-0.2, -0.15) is 0 Å². The van der Waals surface area contributed by atoms with Crippen LogP contribution in [0, 0.1) is 10.1 Å². The van der Waals surface area contributed by atoms with Crippen LogP contribution in [0.1, 0.15) is 17.2 Å². The van der Waals surface area contributed by atoms with Gasteiger partial charge >= 0.3 is 0 Å². The highest BCUT2D eigenvalue weighted by Crippen LogP contribution is 2.38. The molecule has 1 aliphatic rings. The molecule has 0 radical (unpaired) electrons. The summed E-state index contributed by atoms with van der Waals surface area (Å²) in [6.07, 6.45) is 0.621. The van der Waals surface area contributed by atoms with Gasteiger partial charge in [0.2, 0.25) is 0 Å². The summed E-state index contributed by atoms with van der Waals surface area (Å²) >= 11 is 5.92. The summed E-state index contributed by atoms with van der Waals surface area (Å²) in [5, 5.41) is 11.5.